The van der Waals surface area contributed by atoms with Crippen molar-refractivity contribution in [3.8, 4) is 0 Å². The van der Waals surface area contributed by atoms with E-state index >= 15 is 0 Å². The van der Waals surface area contributed by atoms with Gasteiger partial charge in [-0.05, 0) is 48.9 Å². The van der Waals surface area contributed by atoms with Crippen molar-refractivity contribution in [3.05, 3.63) is 33.8 Å². The Kier molecular flexibility index (Phi) is 6.48. The van der Waals surface area contributed by atoms with E-state index in [1.54, 1.807) is 0 Å². The maximum absolute atomic E-state index is 6.25. The van der Waals surface area contributed by atoms with Gasteiger partial charge in [-0.3, -0.25) is 0 Å². The first-order valence-corrected chi connectivity index (χ1v) is 7.41. The molecule has 0 aliphatic heterocycles. The highest BCUT2D eigenvalue weighted by Crippen LogP contribution is 2.30. The minimum absolute atomic E-state index is 0.243. The molecule has 0 saturated heterocycles. The van der Waals surface area contributed by atoms with Crippen LogP contribution in [0.4, 0.5) is 0 Å². The summed E-state index contributed by atoms with van der Waals surface area (Å²) in [6.07, 6.45) is 3.28. The normalized spacial score (nSPS) is 14.5. The van der Waals surface area contributed by atoms with Gasteiger partial charge in [-0.2, -0.15) is 0 Å². The van der Waals surface area contributed by atoms with E-state index < -0.39 is 0 Å². The Bertz CT molecular complexity index is 379. The fourth-order valence-corrected chi connectivity index (χ4v) is 2.48. The number of benzene rings is 1. The molecule has 0 bridgehead atoms. The van der Waals surface area contributed by atoms with Crippen molar-refractivity contribution in [3.63, 3.8) is 0 Å². The molecule has 1 rings (SSSR count). The highest BCUT2D eigenvalue weighted by Gasteiger charge is 2.23. The van der Waals surface area contributed by atoms with Crippen molar-refractivity contribution in [2.45, 2.75) is 40.0 Å². The second-order valence-electron chi connectivity index (χ2n) is 5.25. The Labute approximate surface area is 121 Å². The smallest absolute Gasteiger partial charge is 0.0453 e. The lowest BCUT2D eigenvalue weighted by Gasteiger charge is -2.29. The van der Waals surface area contributed by atoms with Crippen LogP contribution in [0.1, 0.15) is 39.2 Å². The molecule has 18 heavy (non-hydrogen) atoms. The molecule has 0 aromatic heterocycles. The largest absolute Gasteiger partial charge is 0.316 e. The summed E-state index contributed by atoms with van der Waals surface area (Å²) in [5.41, 5.74) is 1.43. The lowest BCUT2D eigenvalue weighted by Crippen LogP contribution is -2.33. The summed E-state index contributed by atoms with van der Waals surface area (Å²) in [5, 5.41) is 4.98. The molecule has 102 valence electrons. The van der Waals surface area contributed by atoms with E-state index in [-0.39, 0.29) is 5.41 Å². The van der Waals surface area contributed by atoms with Gasteiger partial charge in [0, 0.05) is 16.6 Å². The monoisotopic (exact) mass is 287 g/mol. The third kappa shape index (κ3) is 4.79. The van der Waals surface area contributed by atoms with E-state index in [0.717, 1.165) is 31.0 Å². The van der Waals surface area contributed by atoms with Crippen LogP contribution in [0.3, 0.4) is 0 Å². The first-order valence-electron chi connectivity index (χ1n) is 6.65. The van der Waals surface area contributed by atoms with E-state index in [4.69, 9.17) is 23.2 Å². The molecule has 0 saturated carbocycles. The van der Waals surface area contributed by atoms with Gasteiger partial charge >= 0.3 is 0 Å². The van der Waals surface area contributed by atoms with Gasteiger partial charge in [0.15, 0.2) is 0 Å². The summed E-state index contributed by atoms with van der Waals surface area (Å²) in [7, 11) is 0. The van der Waals surface area contributed by atoms with Gasteiger partial charge in [-0.1, -0.05) is 50.0 Å². The molecule has 0 heterocycles. The first kappa shape index (κ1) is 15.8. The van der Waals surface area contributed by atoms with E-state index in [9.17, 15) is 0 Å². The molecular weight excluding hydrogens is 265 g/mol. The Balaban J connectivity index is 2.71. The van der Waals surface area contributed by atoms with Gasteiger partial charge in [0.2, 0.25) is 0 Å². The Morgan fingerprint density at radius 2 is 1.94 bits per heavy atom. The lowest BCUT2D eigenvalue weighted by atomic mass is 9.81. The molecule has 0 radical (unpaired) electrons. The predicted molar refractivity (Wildman–Crippen MR) is 81.7 cm³/mol. The molecule has 1 atom stereocenters. The summed E-state index contributed by atoms with van der Waals surface area (Å²) in [6.45, 7) is 8.82. The average Bonchev–Trinajstić information content (AvgIpc) is 2.33. The van der Waals surface area contributed by atoms with Gasteiger partial charge in [-0.15, -0.1) is 0 Å². The van der Waals surface area contributed by atoms with E-state index in [1.807, 2.05) is 18.2 Å². The molecule has 0 spiro atoms. The highest BCUT2D eigenvalue weighted by atomic mass is 35.5. The predicted octanol–water partition coefficient (Wildman–Crippen LogP) is 4.95. The molecular formula is C15H23Cl2N. The molecule has 1 nitrogen and oxygen atoms in total. The van der Waals surface area contributed by atoms with Gasteiger partial charge in [0.25, 0.3) is 0 Å². The summed E-state index contributed by atoms with van der Waals surface area (Å²) in [5.74, 6) is 0. The zero-order valence-corrected chi connectivity index (χ0v) is 13.0. The number of nitrogens with one attached hydrogen (secondary N) is 1. The third-order valence-electron chi connectivity index (χ3n) is 3.46. The summed E-state index contributed by atoms with van der Waals surface area (Å²) < 4.78 is 0. The Hall–Kier alpha value is -0.240. The summed E-state index contributed by atoms with van der Waals surface area (Å²) >= 11 is 12.2. The van der Waals surface area contributed by atoms with Crippen LogP contribution < -0.4 is 5.32 Å². The first-order chi connectivity index (χ1) is 8.50. The van der Waals surface area contributed by atoms with Crippen LogP contribution in [0.25, 0.3) is 0 Å². The second kappa shape index (κ2) is 7.37. The maximum atomic E-state index is 6.25. The number of rotatable bonds is 7. The van der Waals surface area contributed by atoms with Crippen molar-refractivity contribution in [2.24, 2.45) is 5.41 Å². The van der Waals surface area contributed by atoms with Crippen LogP contribution >= 0.6 is 23.2 Å². The van der Waals surface area contributed by atoms with Crippen LogP contribution in [0.5, 0.6) is 0 Å². The van der Waals surface area contributed by atoms with Gasteiger partial charge in [-0.25, -0.2) is 0 Å². The van der Waals surface area contributed by atoms with Crippen LogP contribution in [-0.4, -0.2) is 13.1 Å². The van der Waals surface area contributed by atoms with Gasteiger partial charge < -0.3 is 5.32 Å². The highest BCUT2D eigenvalue weighted by molar-refractivity contribution is 6.35. The average molecular weight is 288 g/mol. The lowest BCUT2D eigenvalue weighted by molar-refractivity contribution is 0.291. The number of hydrogen-bond acceptors (Lipinski definition) is 1. The zero-order chi connectivity index (χ0) is 13.6. The van der Waals surface area contributed by atoms with Gasteiger partial charge in [0.05, 0.1) is 0 Å². The SMILES string of the molecule is CCCNCC(C)(CC)Cc1ccc(Cl)cc1Cl. The fraction of sp³-hybridized carbons (Fsp3) is 0.600. The molecule has 0 aliphatic rings. The zero-order valence-electron chi connectivity index (χ0n) is 11.5. The quantitative estimate of drug-likeness (QED) is 0.700. The van der Waals surface area contributed by atoms with Crippen LogP contribution in [-0.2, 0) is 6.42 Å². The molecule has 1 aromatic rings. The third-order valence-corrected chi connectivity index (χ3v) is 4.05. The molecule has 0 aliphatic carbocycles. The molecule has 1 N–H and O–H groups in total. The van der Waals surface area contributed by atoms with Crippen molar-refractivity contribution >= 4 is 23.2 Å². The van der Waals surface area contributed by atoms with Crippen LogP contribution in [0.2, 0.25) is 10.0 Å². The summed E-state index contributed by atoms with van der Waals surface area (Å²) in [6, 6.07) is 5.78. The Morgan fingerprint density at radius 3 is 2.50 bits per heavy atom. The van der Waals surface area contributed by atoms with Crippen molar-refractivity contribution in [2.75, 3.05) is 13.1 Å². The molecule has 1 unspecified atom stereocenters. The van der Waals surface area contributed by atoms with Crippen LogP contribution in [0.15, 0.2) is 18.2 Å². The number of halogens is 2. The van der Waals surface area contributed by atoms with Gasteiger partial charge in [0.1, 0.15) is 0 Å². The number of hydrogen-bond donors (Lipinski definition) is 1. The van der Waals surface area contributed by atoms with Crippen molar-refractivity contribution in [1.82, 2.24) is 5.32 Å². The fourth-order valence-electron chi connectivity index (χ4n) is 2.00. The molecule has 3 heteroatoms. The van der Waals surface area contributed by atoms with E-state index in [2.05, 4.69) is 26.1 Å². The van der Waals surface area contributed by atoms with E-state index in [1.165, 1.54) is 12.0 Å². The van der Waals surface area contributed by atoms with Crippen molar-refractivity contribution < 1.29 is 0 Å². The summed E-state index contributed by atoms with van der Waals surface area (Å²) in [4.78, 5) is 0. The standard InChI is InChI=1S/C15H23Cl2N/c1-4-8-18-11-15(3,5-2)10-12-6-7-13(16)9-14(12)17/h6-7,9,18H,4-5,8,10-11H2,1-3H3. The Morgan fingerprint density at radius 1 is 1.22 bits per heavy atom. The minimum atomic E-state index is 0.243. The maximum Gasteiger partial charge on any atom is 0.0453 e. The van der Waals surface area contributed by atoms with E-state index in [0.29, 0.717) is 5.02 Å². The van der Waals surface area contributed by atoms with Crippen molar-refractivity contribution in [1.29, 1.82) is 0 Å². The topological polar surface area (TPSA) is 12.0 Å². The minimum Gasteiger partial charge on any atom is -0.316 e. The second-order valence-corrected chi connectivity index (χ2v) is 6.10. The molecule has 1 aromatic carbocycles. The molecule has 0 amide bonds. The molecule has 0 fully saturated rings. The van der Waals surface area contributed by atoms with Crippen LogP contribution in [0, 0.1) is 5.41 Å².